The molecule has 2 nitrogen and oxygen atoms in total. The van der Waals surface area contributed by atoms with Crippen molar-refractivity contribution in [2.45, 2.75) is 25.3 Å². The number of halogens is 2. The van der Waals surface area contributed by atoms with Crippen LogP contribution in [-0.2, 0) is 12.8 Å². The standard InChI is InChI=1S/C16H16Br2N2/c17-13-6-7-15(18)14(9-13)16(20-19)12-5-4-10-2-1-3-11(10)8-12/h4-9,16,20H,1-3,19H2. The Morgan fingerprint density at radius 1 is 1.00 bits per heavy atom. The maximum atomic E-state index is 5.81. The number of fused-ring (bicyclic) bond motifs is 1. The topological polar surface area (TPSA) is 38.0 Å². The van der Waals surface area contributed by atoms with Crippen LogP contribution in [0.1, 0.15) is 34.7 Å². The Balaban J connectivity index is 2.03. The molecule has 4 heteroatoms. The van der Waals surface area contributed by atoms with Crippen molar-refractivity contribution in [2.75, 3.05) is 0 Å². The third-order valence-electron chi connectivity index (χ3n) is 3.89. The van der Waals surface area contributed by atoms with E-state index in [4.69, 9.17) is 5.84 Å². The predicted molar refractivity (Wildman–Crippen MR) is 89.5 cm³/mol. The van der Waals surface area contributed by atoms with Crippen molar-refractivity contribution in [3.8, 4) is 0 Å². The Kier molecular flexibility index (Phi) is 4.26. The fourth-order valence-corrected chi connectivity index (χ4v) is 3.73. The van der Waals surface area contributed by atoms with Gasteiger partial charge in [0.1, 0.15) is 0 Å². The van der Waals surface area contributed by atoms with Gasteiger partial charge in [-0.15, -0.1) is 0 Å². The van der Waals surface area contributed by atoms with Gasteiger partial charge in [-0.25, -0.2) is 5.43 Å². The van der Waals surface area contributed by atoms with Gasteiger partial charge in [0.05, 0.1) is 6.04 Å². The first-order valence-electron chi connectivity index (χ1n) is 6.72. The van der Waals surface area contributed by atoms with Crippen LogP contribution in [0.3, 0.4) is 0 Å². The second-order valence-electron chi connectivity index (χ2n) is 5.15. The summed E-state index contributed by atoms with van der Waals surface area (Å²) in [6.45, 7) is 0. The lowest BCUT2D eigenvalue weighted by molar-refractivity contribution is 0.633. The molecule has 0 heterocycles. The van der Waals surface area contributed by atoms with Gasteiger partial charge in [0, 0.05) is 8.95 Å². The molecule has 0 saturated heterocycles. The third kappa shape index (κ3) is 2.70. The van der Waals surface area contributed by atoms with Crippen LogP contribution in [-0.4, -0.2) is 0 Å². The van der Waals surface area contributed by atoms with E-state index in [-0.39, 0.29) is 6.04 Å². The number of aryl methyl sites for hydroxylation is 2. The molecule has 0 saturated carbocycles. The molecule has 0 bridgehead atoms. The van der Waals surface area contributed by atoms with Crippen molar-refractivity contribution < 1.29 is 0 Å². The normalized spacial score (nSPS) is 15.2. The van der Waals surface area contributed by atoms with E-state index >= 15 is 0 Å². The zero-order valence-electron chi connectivity index (χ0n) is 11.0. The molecule has 1 atom stereocenters. The van der Waals surface area contributed by atoms with E-state index in [9.17, 15) is 0 Å². The van der Waals surface area contributed by atoms with E-state index in [1.54, 1.807) is 0 Å². The van der Waals surface area contributed by atoms with Gasteiger partial charge in [0.2, 0.25) is 0 Å². The SMILES string of the molecule is NNC(c1ccc2c(c1)CCC2)c1cc(Br)ccc1Br. The summed E-state index contributed by atoms with van der Waals surface area (Å²) in [6, 6.07) is 12.9. The molecule has 3 N–H and O–H groups in total. The minimum atomic E-state index is -0.00669. The molecule has 104 valence electrons. The van der Waals surface area contributed by atoms with Gasteiger partial charge in [-0.05, 0) is 59.7 Å². The second-order valence-corrected chi connectivity index (χ2v) is 6.92. The zero-order chi connectivity index (χ0) is 14.1. The zero-order valence-corrected chi connectivity index (χ0v) is 14.2. The fraction of sp³-hybridized carbons (Fsp3) is 0.250. The van der Waals surface area contributed by atoms with E-state index in [2.05, 4.69) is 61.6 Å². The number of hydrazine groups is 1. The number of hydrogen-bond donors (Lipinski definition) is 2. The predicted octanol–water partition coefficient (Wildman–Crippen LogP) is 4.25. The number of nitrogens with two attached hydrogens (primary N) is 1. The number of rotatable bonds is 3. The molecule has 1 aliphatic carbocycles. The Bertz CT molecular complexity index is 640. The summed E-state index contributed by atoms with van der Waals surface area (Å²) >= 11 is 7.14. The van der Waals surface area contributed by atoms with Crippen LogP contribution in [0.25, 0.3) is 0 Å². The van der Waals surface area contributed by atoms with E-state index in [1.165, 1.54) is 36.0 Å². The van der Waals surface area contributed by atoms with E-state index in [1.807, 2.05) is 12.1 Å². The number of nitrogens with one attached hydrogen (secondary N) is 1. The summed E-state index contributed by atoms with van der Waals surface area (Å²) in [5.74, 6) is 5.81. The lowest BCUT2D eigenvalue weighted by atomic mass is 9.96. The molecule has 1 unspecified atom stereocenters. The van der Waals surface area contributed by atoms with Gasteiger partial charge >= 0.3 is 0 Å². The van der Waals surface area contributed by atoms with E-state index < -0.39 is 0 Å². The van der Waals surface area contributed by atoms with Crippen LogP contribution in [0.2, 0.25) is 0 Å². The van der Waals surface area contributed by atoms with Crippen LogP contribution in [0.5, 0.6) is 0 Å². The molecule has 0 aromatic heterocycles. The molecule has 2 aromatic carbocycles. The lowest BCUT2D eigenvalue weighted by Crippen LogP contribution is -2.29. The molecular weight excluding hydrogens is 380 g/mol. The highest BCUT2D eigenvalue weighted by Crippen LogP contribution is 2.33. The molecule has 0 fully saturated rings. The van der Waals surface area contributed by atoms with E-state index in [0.717, 1.165) is 14.5 Å². The largest absolute Gasteiger partial charge is 0.271 e. The van der Waals surface area contributed by atoms with Gasteiger partial charge in [-0.1, -0.05) is 50.1 Å². The monoisotopic (exact) mass is 394 g/mol. The van der Waals surface area contributed by atoms with Crippen molar-refractivity contribution >= 4 is 31.9 Å². The number of benzene rings is 2. The van der Waals surface area contributed by atoms with Gasteiger partial charge in [-0.2, -0.15) is 0 Å². The summed E-state index contributed by atoms with van der Waals surface area (Å²) in [5, 5.41) is 0. The summed E-state index contributed by atoms with van der Waals surface area (Å²) in [7, 11) is 0. The first-order valence-corrected chi connectivity index (χ1v) is 8.30. The summed E-state index contributed by atoms with van der Waals surface area (Å²) in [5.41, 5.74) is 8.25. The van der Waals surface area contributed by atoms with Crippen molar-refractivity contribution in [2.24, 2.45) is 5.84 Å². The van der Waals surface area contributed by atoms with Crippen LogP contribution >= 0.6 is 31.9 Å². The van der Waals surface area contributed by atoms with Gasteiger partial charge in [0.25, 0.3) is 0 Å². The van der Waals surface area contributed by atoms with Crippen LogP contribution in [0.4, 0.5) is 0 Å². The van der Waals surface area contributed by atoms with Crippen molar-refractivity contribution in [1.29, 1.82) is 0 Å². The molecule has 3 rings (SSSR count). The molecule has 0 aliphatic heterocycles. The summed E-state index contributed by atoms with van der Waals surface area (Å²) in [4.78, 5) is 0. The fourth-order valence-electron chi connectivity index (χ4n) is 2.87. The quantitative estimate of drug-likeness (QED) is 0.602. The average molecular weight is 396 g/mol. The van der Waals surface area contributed by atoms with Crippen LogP contribution < -0.4 is 11.3 Å². The molecule has 20 heavy (non-hydrogen) atoms. The average Bonchev–Trinajstić information content (AvgIpc) is 2.91. The van der Waals surface area contributed by atoms with Gasteiger partial charge in [-0.3, -0.25) is 5.84 Å². The third-order valence-corrected chi connectivity index (χ3v) is 5.11. The van der Waals surface area contributed by atoms with Crippen molar-refractivity contribution in [1.82, 2.24) is 5.43 Å². The van der Waals surface area contributed by atoms with Crippen molar-refractivity contribution in [3.05, 3.63) is 67.6 Å². The molecule has 0 spiro atoms. The van der Waals surface area contributed by atoms with Crippen LogP contribution in [0, 0.1) is 0 Å². The lowest BCUT2D eigenvalue weighted by Gasteiger charge is -2.19. The highest BCUT2D eigenvalue weighted by Gasteiger charge is 2.18. The van der Waals surface area contributed by atoms with E-state index in [0.29, 0.717) is 0 Å². The maximum absolute atomic E-state index is 5.81. The molecule has 0 amide bonds. The number of hydrogen-bond acceptors (Lipinski definition) is 2. The minimum Gasteiger partial charge on any atom is -0.271 e. The Morgan fingerprint density at radius 3 is 2.60 bits per heavy atom. The molecule has 0 radical (unpaired) electrons. The highest BCUT2D eigenvalue weighted by molar-refractivity contribution is 9.11. The van der Waals surface area contributed by atoms with Gasteiger partial charge in [0.15, 0.2) is 0 Å². The van der Waals surface area contributed by atoms with Gasteiger partial charge < -0.3 is 0 Å². The smallest absolute Gasteiger partial charge is 0.0721 e. The molecule has 1 aliphatic rings. The first kappa shape index (κ1) is 14.3. The molecule has 2 aromatic rings. The van der Waals surface area contributed by atoms with Crippen LogP contribution in [0.15, 0.2) is 45.3 Å². The Morgan fingerprint density at radius 2 is 1.80 bits per heavy atom. The summed E-state index contributed by atoms with van der Waals surface area (Å²) in [6.07, 6.45) is 3.65. The first-order chi connectivity index (χ1) is 9.69. The molecular formula is C16H16Br2N2. The minimum absolute atomic E-state index is 0.00669. The highest BCUT2D eigenvalue weighted by atomic mass is 79.9. The summed E-state index contributed by atoms with van der Waals surface area (Å²) < 4.78 is 2.11. The Hall–Kier alpha value is -0.680. The Labute approximate surface area is 136 Å². The maximum Gasteiger partial charge on any atom is 0.0721 e. The van der Waals surface area contributed by atoms with Crippen molar-refractivity contribution in [3.63, 3.8) is 0 Å². The second kappa shape index (κ2) is 5.98.